The molecule has 0 unspecified atom stereocenters. The Morgan fingerprint density at radius 3 is 2.27 bits per heavy atom. The Bertz CT molecular complexity index is 670. The summed E-state index contributed by atoms with van der Waals surface area (Å²) < 4.78 is 5.31. The Balaban J connectivity index is 2.02. The second-order valence-electron chi connectivity index (χ2n) is 6.73. The van der Waals surface area contributed by atoms with Crippen LogP contribution in [0, 0.1) is 19.8 Å². The number of aliphatic carboxylic acids is 1. The number of carboxylic acids is 1. The number of amides is 2. The van der Waals surface area contributed by atoms with E-state index in [1.54, 1.807) is 33.0 Å². The van der Waals surface area contributed by atoms with Crippen molar-refractivity contribution in [1.29, 1.82) is 0 Å². The number of hydrogen-bond acceptors (Lipinski definition) is 4. The maximum absolute atomic E-state index is 12.8. The molecule has 0 spiro atoms. The van der Waals surface area contributed by atoms with E-state index in [-0.39, 0.29) is 11.8 Å². The molecule has 0 atom stereocenters. The lowest BCUT2D eigenvalue weighted by Gasteiger charge is -2.32. The number of rotatable bonds is 6. The summed E-state index contributed by atoms with van der Waals surface area (Å²) in [6.07, 6.45) is 2.14. The molecule has 142 valence electrons. The lowest BCUT2D eigenvalue weighted by atomic mass is 9.92. The molecule has 0 saturated carbocycles. The third-order valence-corrected chi connectivity index (χ3v) is 4.70. The van der Waals surface area contributed by atoms with E-state index in [4.69, 9.17) is 9.84 Å². The molecule has 0 bridgehead atoms. The first-order valence-electron chi connectivity index (χ1n) is 8.77. The fraction of sp³-hybridized carbons (Fsp3) is 0.526. The predicted octanol–water partition coefficient (Wildman–Crippen LogP) is 1.76. The summed E-state index contributed by atoms with van der Waals surface area (Å²) >= 11 is 0. The molecule has 1 aromatic rings. The maximum Gasteiger partial charge on any atom is 0.341 e. The summed E-state index contributed by atoms with van der Waals surface area (Å²) in [5, 5.41) is 11.4. The molecule has 1 aromatic carbocycles. The van der Waals surface area contributed by atoms with Gasteiger partial charge in [-0.15, -0.1) is 0 Å². The molecular weight excluding hydrogens is 336 g/mol. The van der Waals surface area contributed by atoms with Crippen LogP contribution in [0.15, 0.2) is 12.1 Å². The zero-order chi connectivity index (χ0) is 19.3. The lowest BCUT2D eigenvalue weighted by molar-refractivity contribution is -0.139. The summed E-state index contributed by atoms with van der Waals surface area (Å²) in [4.78, 5) is 36.7. The minimum absolute atomic E-state index is 0.0398. The standard InChI is InChI=1S/C19H26N2O5/c1-12-8-15(9-13(2)18(12)26-11-17(23)24)19(25)21-6-4-14(5-7-21)10-16(22)20-3/h8-9,14H,4-7,10-11H2,1-3H3,(H,20,22)(H,23,24). The van der Waals surface area contributed by atoms with Crippen LogP contribution in [0.3, 0.4) is 0 Å². The van der Waals surface area contributed by atoms with Gasteiger partial charge in [0, 0.05) is 32.1 Å². The second-order valence-corrected chi connectivity index (χ2v) is 6.73. The van der Waals surface area contributed by atoms with Crippen LogP contribution in [0.4, 0.5) is 0 Å². The van der Waals surface area contributed by atoms with Crippen LogP contribution in [0.5, 0.6) is 5.75 Å². The zero-order valence-electron chi connectivity index (χ0n) is 15.5. The number of carboxylic acid groups (broad SMARTS) is 1. The Morgan fingerprint density at radius 1 is 1.19 bits per heavy atom. The van der Waals surface area contributed by atoms with E-state index in [0.717, 1.165) is 24.0 Å². The Hall–Kier alpha value is -2.57. The molecule has 1 fully saturated rings. The minimum atomic E-state index is -1.04. The summed E-state index contributed by atoms with van der Waals surface area (Å²) in [5.74, 6) is -0.219. The number of carbonyl (C=O) groups is 3. The monoisotopic (exact) mass is 362 g/mol. The van der Waals surface area contributed by atoms with Gasteiger partial charge < -0.3 is 20.1 Å². The van der Waals surface area contributed by atoms with Crippen molar-refractivity contribution in [3.8, 4) is 5.75 Å². The van der Waals surface area contributed by atoms with Crippen molar-refractivity contribution in [1.82, 2.24) is 10.2 Å². The second kappa shape index (κ2) is 8.69. The smallest absolute Gasteiger partial charge is 0.341 e. The normalized spacial score (nSPS) is 14.8. The fourth-order valence-electron chi connectivity index (χ4n) is 3.32. The van der Waals surface area contributed by atoms with Crippen molar-refractivity contribution >= 4 is 17.8 Å². The third kappa shape index (κ3) is 4.97. The number of nitrogens with zero attached hydrogens (tertiary/aromatic N) is 1. The number of ether oxygens (including phenoxy) is 1. The van der Waals surface area contributed by atoms with Crippen molar-refractivity contribution in [2.24, 2.45) is 5.92 Å². The average molecular weight is 362 g/mol. The van der Waals surface area contributed by atoms with Gasteiger partial charge in [0.25, 0.3) is 5.91 Å². The number of nitrogens with one attached hydrogen (secondary N) is 1. The van der Waals surface area contributed by atoms with Crippen LogP contribution in [-0.4, -0.2) is 54.5 Å². The van der Waals surface area contributed by atoms with Gasteiger partial charge >= 0.3 is 5.97 Å². The van der Waals surface area contributed by atoms with E-state index in [1.807, 2.05) is 4.90 Å². The summed E-state index contributed by atoms with van der Waals surface area (Å²) in [6, 6.07) is 3.48. The van der Waals surface area contributed by atoms with Gasteiger partial charge in [0.15, 0.2) is 6.61 Å². The molecule has 0 aliphatic carbocycles. The van der Waals surface area contributed by atoms with Gasteiger partial charge in [-0.25, -0.2) is 4.79 Å². The molecular formula is C19H26N2O5. The van der Waals surface area contributed by atoms with Crippen molar-refractivity contribution in [2.45, 2.75) is 33.1 Å². The van der Waals surface area contributed by atoms with E-state index < -0.39 is 12.6 Å². The number of aryl methyl sites for hydroxylation is 2. The maximum atomic E-state index is 12.8. The molecule has 2 amide bonds. The van der Waals surface area contributed by atoms with Gasteiger partial charge in [-0.3, -0.25) is 9.59 Å². The Morgan fingerprint density at radius 2 is 1.77 bits per heavy atom. The number of piperidine rings is 1. The van der Waals surface area contributed by atoms with Crippen molar-refractivity contribution in [3.05, 3.63) is 28.8 Å². The van der Waals surface area contributed by atoms with Crippen LogP contribution in [0.25, 0.3) is 0 Å². The summed E-state index contributed by atoms with van der Waals surface area (Å²) in [5.41, 5.74) is 2.06. The zero-order valence-corrected chi connectivity index (χ0v) is 15.5. The van der Waals surface area contributed by atoms with E-state index in [1.165, 1.54) is 0 Å². The number of hydrogen-bond donors (Lipinski definition) is 2. The quantitative estimate of drug-likeness (QED) is 0.804. The van der Waals surface area contributed by atoms with Gasteiger partial charge in [-0.05, 0) is 55.9 Å². The molecule has 26 heavy (non-hydrogen) atoms. The summed E-state index contributed by atoms with van der Waals surface area (Å²) in [7, 11) is 1.63. The van der Waals surface area contributed by atoms with E-state index in [0.29, 0.717) is 36.7 Å². The van der Waals surface area contributed by atoms with Crippen LogP contribution >= 0.6 is 0 Å². The molecule has 2 N–H and O–H groups in total. The van der Waals surface area contributed by atoms with Crippen LogP contribution < -0.4 is 10.1 Å². The molecule has 1 saturated heterocycles. The largest absolute Gasteiger partial charge is 0.481 e. The van der Waals surface area contributed by atoms with Crippen LogP contribution in [0.1, 0.15) is 40.7 Å². The van der Waals surface area contributed by atoms with Gasteiger partial charge in [0.1, 0.15) is 5.75 Å². The molecule has 0 aromatic heterocycles. The summed E-state index contributed by atoms with van der Waals surface area (Å²) in [6.45, 7) is 4.46. The molecule has 0 radical (unpaired) electrons. The highest BCUT2D eigenvalue weighted by Crippen LogP contribution is 2.27. The number of carbonyl (C=O) groups excluding carboxylic acids is 2. The predicted molar refractivity (Wildman–Crippen MR) is 96.4 cm³/mol. The molecule has 1 heterocycles. The average Bonchev–Trinajstić information content (AvgIpc) is 2.60. The topological polar surface area (TPSA) is 95.9 Å². The van der Waals surface area contributed by atoms with E-state index >= 15 is 0 Å². The molecule has 1 aliphatic heterocycles. The fourth-order valence-corrected chi connectivity index (χ4v) is 3.32. The number of likely N-dealkylation sites (tertiary alicyclic amines) is 1. The lowest BCUT2D eigenvalue weighted by Crippen LogP contribution is -2.39. The molecule has 7 nitrogen and oxygen atoms in total. The first kappa shape index (κ1) is 19.8. The van der Waals surface area contributed by atoms with Gasteiger partial charge in [0.05, 0.1) is 0 Å². The highest BCUT2D eigenvalue weighted by Gasteiger charge is 2.25. The van der Waals surface area contributed by atoms with Gasteiger partial charge in [-0.2, -0.15) is 0 Å². The van der Waals surface area contributed by atoms with E-state index in [2.05, 4.69) is 5.32 Å². The third-order valence-electron chi connectivity index (χ3n) is 4.70. The van der Waals surface area contributed by atoms with Crippen molar-refractivity contribution in [3.63, 3.8) is 0 Å². The first-order chi connectivity index (χ1) is 12.3. The SMILES string of the molecule is CNC(=O)CC1CCN(C(=O)c2cc(C)c(OCC(=O)O)c(C)c2)CC1. The minimum Gasteiger partial charge on any atom is -0.481 e. The van der Waals surface area contributed by atoms with Crippen LogP contribution in [-0.2, 0) is 9.59 Å². The molecule has 1 aliphatic rings. The van der Waals surface area contributed by atoms with Gasteiger partial charge in [-0.1, -0.05) is 0 Å². The van der Waals surface area contributed by atoms with Crippen molar-refractivity contribution in [2.75, 3.05) is 26.7 Å². The van der Waals surface area contributed by atoms with Crippen LogP contribution in [0.2, 0.25) is 0 Å². The molecule has 7 heteroatoms. The first-order valence-corrected chi connectivity index (χ1v) is 8.77. The molecule has 2 rings (SSSR count). The highest BCUT2D eigenvalue weighted by molar-refractivity contribution is 5.95. The number of benzene rings is 1. The van der Waals surface area contributed by atoms with E-state index in [9.17, 15) is 14.4 Å². The Labute approximate surface area is 153 Å². The van der Waals surface area contributed by atoms with Gasteiger partial charge in [0.2, 0.25) is 5.91 Å². The highest BCUT2D eigenvalue weighted by atomic mass is 16.5. The van der Waals surface area contributed by atoms with Crippen molar-refractivity contribution < 1.29 is 24.2 Å². The Kier molecular flexibility index (Phi) is 6.60.